The van der Waals surface area contributed by atoms with Crippen molar-refractivity contribution in [1.82, 2.24) is 14.5 Å². The minimum Gasteiger partial charge on any atom is -0.395 e. The summed E-state index contributed by atoms with van der Waals surface area (Å²) >= 11 is 0. The first-order valence-corrected chi connectivity index (χ1v) is 6.72. The van der Waals surface area contributed by atoms with Crippen molar-refractivity contribution in [2.45, 2.75) is 12.6 Å². The van der Waals surface area contributed by atoms with Crippen molar-refractivity contribution >= 4 is 16.9 Å². The Kier molecular flexibility index (Phi) is 3.55. The number of nitrogen functional groups attached to an aromatic ring is 1. The van der Waals surface area contributed by atoms with Crippen LogP contribution in [0.5, 0.6) is 0 Å². The van der Waals surface area contributed by atoms with Crippen molar-refractivity contribution in [3.8, 4) is 11.1 Å². The smallest absolute Gasteiger partial charge is 0.146 e. The van der Waals surface area contributed by atoms with Crippen molar-refractivity contribution < 1.29 is 5.11 Å². The average molecular weight is 283 g/mol. The van der Waals surface area contributed by atoms with Gasteiger partial charge in [-0.05, 0) is 5.56 Å². The molecule has 0 bridgehead atoms. The second kappa shape index (κ2) is 5.51. The van der Waals surface area contributed by atoms with E-state index in [2.05, 4.69) is 9.97 Å². The number of fused-ring (bicyclic) bond motifs is 1. The number of nitrogens with zero attached hydrogens (tertiary/aromatic N) is 3. The second-order valence-electron chi connectivity index (χ2n) is 4.96. The predicted molar refractivity (Wildman–Crippen MR) is 82.4 cm³/mol. The standard InChI is InChI=1S/C15H17N5O/c16-11(8-21)6-20-7-12(10-4-2-1-3-5-10)13-14(17)18-9-19-15(13)20/h1-5,7,9,11,21H,6,8,16H2,(H2,17,18,19). The fourth-order valence-corrected chi connectivity index (χ4v) is 2.43. The van der Waals surface area contributed by atoms with E-state index in [0.717, 1.165) is 22.2 Å². The van der Waals surface area contributed by atoms with Crippen LogP contribution in [0, 0.1) is 0 Å². The van der Waals surface area contributed by atoms with E-state index in [1.165, 1.54) is 6.33 Å². The van der Waals surface area contributed by atoms with Crippen molar-refractivity contribution in [2.24, 2.45) is 5.73 Å². The lowest BCUT2D eigenvalue weighted by Gasteiger charge is -2.09. The molecule has 0 aliphatic heterocycles. The van der Waals surface area contributed by atoms with Gasteiger partial charge < -0.3 is 21.1 Å². The molecule has 21 heavy (non-hydrogen) atoms. The van der Waals surface area contributed by atoms with E-state index in [0.29, 0.717) is 12.4 Å². The molecule has 5 N–H and O–H groups in total. The molecule has 6 nitrogen and oxygen atoms in total. The summed E-state index contributed by atoms with van der Waals surface area (Å²) in [5.74, 6) is 0.440. The zero-order valence-electron chi connectivity index (χ0n) is 11.5. The molecule has 0 amide bonds. The number of hydrogen-bond acceptors (Lipinski definition) is 5. The summed E-state index contributed by atoms with van der Waals surface area (Å²) in [4.78, 5) is 8.39. The number of anilines is 1. The third-order valence-electron chi connectivity index (χ3n) is 3.43. The number of aliphatic hydroxyl groups excluding tert-OH is 1. The minimum absolute atomic E-state index is 0.0824. The van der Waals surface area contributed by atoms with Crippen LogP contribution in [0.15, 0.2) is 42.9 Å². The van der Waals surface area contributed by atoms with E-state index in [1.54, 1.807) is 0 Å². The lowest BCUT2D eigenvalue weighted by atomic mass is 10.1. The molecule has 108 valence electrons. The van der Waals surface area contributed by atoms with Crippen LogP contribution < -0.4 is 11.5 Å². The van der Waals surface area contributed by atoms with Crippen LogP contribution in [-0.4, -0.2) is 32.3 Å². The van der Waals surface area contributed by atoms with Gasteiger partial charge in [0, 0.05) is 24.3 Å². The highest BCUT2D eigenvalue weighted by molar-refractivity contribution is 6.00. The molecule has 1 aromatic carbocycles. The Morgan fingerprint density at radius 3 is 2.67 bits per heavy atom. The largest absolute Gasteiger partial charge is 0.395 e. The van der Waals surface area contributed by atoms with Gasteiger partial charge in [0.1, 0.15) is 17.8 Å². The molecule has 0 spiro atoms. The minimum atomic E-state index is -0.347. The maximum Gasteiger partial charge on any atom is 0.146 e. The van der Waals surface area contributed by atoms with Gasteiger partial charge in [0.25, 0.3) is 0 Å². The summed E-state index contributed by atoms with van der Waals surface area (Å²) < 4.78 is 1.91. The monoisotopic (exact) mass is 283 g/mol. The summed E-state index contributed by atoms with van der Waals surface area (Å²) in [7, 11) is 0. The molecule has 0 radical (unpaired) electrons. The van der Waals surface area contributed by atoms with Gasteiger partial charge in [0.05, 0.1) is 12.0 Å². The number of hydrogen-bond donors (Lipinski definition) is 3. The van der Waals surface area contributed by atoms with Crippen LogP contribution in [0.2, 0.25) is 0 Å². The van der Waals surface area contributed by atoms with Crippen LogP contribution in [0.1, 0.15) is 0 Å². The summed E-state index contributed by atoms with van der Waals surface area (Å²) in [6, 6.07) is 9.58. The van der Waals surface area contributed by atoms with Gasteiger partial charge in [-0.25, -0.2) is 9.97 Å². The summed E-state index contributed by atoms with van der Waals surface area (Å²) in [6.45, 7) is 0.386. The predicted octanol–water partition coefficient (Wildman–Crippen LogP) is 1.00. The summed E-state index contributed by atoms with van der Waals surface area (Å²) in [6.07, 6.45) is 3.40. The topological polar surface area (TPSA) is 103 Å². The van der Waals surface area contributed by atoms with Gasteiger partial charge in [-0.3, -0.25) is 0 Å². The Balaban J connectivity index is 2.21. The van der Waals surface area contributed by atoms with Gasteiger partial charge in [-0.15, -0.1) is 0 Å². The van der Waals surface area contributed by atoms with Crippen molar-refractivity contribution in [3.63, 3.8) is 0 Å². The molecule has 0 aliphatic rings. The Morgan fingerprint density at radius 1 is 1.19 bits per heavy atom. The average Bonchev–Trinajstić information content (AvgIpc) is 2.88. The highest BCUT2D eigenvalue weighted by Gasteiger charge is 2.15. The molecule has 3 rings (SSSR count). The van der Waals surface area contributed by atoms with Crippen LogP contribution in [-0.2, 0) is 6.54 Å². The molecule has 2 aromatic heterocycles. The maximum absolute atomic E-state index is 9.15. The molecular weight excluding hydrogens is 266 g/mol. The zero-order chi connectivity index (χ0) is 14.8. The highest BCUT2D eigenvalue weighted by atomic mass is 16.3. The maximum atomic E-state index is 9.15. The lowest BCUT2D eigenvalue weighted by Crippen LogP contribution is -2.29. The third kappa shape index (κ3) is 2.46. The molecule has 0 fully saturated rings. The van der Waals surface area contributed by atoms with E-state index < -0.39 is 0 Å². The fourth-order valence-electron chi connectivity index (χ4n) is 2.43. The second-order valence-corrected chi connectivity index (χ2v) is 4.96. The van der Waals surface area contributed by atoms with E-state index in [9.17, 15) is 0 Å². The zero-order valence-corrected chi connectivity index (χ0v) is 11.5. The van der Waals surface area contributed by atoms with Crippen molar-refractivity contribution in [1.29, 1.82) is 0 Å². The van der Waals surface area contributed by atoms with Gasteiger partial charge >= 0.3 is 0 Å². The van der Waals surface area contributed by atoms with Gasteiger partial charge in [-0.2, -0.15) is 0 Å². The van der Waals surface area contributed by atoms with Crippen LogP contribution in [0.3, 0.4) is 0 Å². The number of aromatic nitrogens is 3. The highest BCUT2D eigenvalue weighted by Crippen LogP contribution is 2.32. The van der Waals surface area contributed by atoms with E-state index in [4.69, 9.17) is 16.6 Å². The Bertz CT molecular complexity index is 753. The number of aliphatic hydroxyl groups is 1. The van der Waals surface area contributed by atoms with E-state index in [-0.39, 0.29) is 12.6 Å². The Morgan fingerprint density at radius 2 is 1.95 bits per heavy atom. The molecule has 6 heteroatoms. The molecule has 0 saturated carbocycles. The SMILES string of the molecule is Nc1ncnc2c1c(-c1ccccc1)cn2CC(N)CO. The molecule has 1 atom stereocenters. The molecule has 2 heterocycles. The number of nitrogens with two attached hydrogens (primary N) is 2. The normalized spacial score (nSPS) is 12.7. The lowest BCUT2D eigenvalue weighted by molar-refractivity contribution is 0.255. The first-order valence-electron chi connectivity index (χ1n) is 6.72. The summed E-state index contributed by atoms with van der Waals surface area (Å²) in [5.41, 5.74) is 14.6. The van der Waals surface area contributed by atoms with Gasteiger partial charge in [0.2, 0.25) is 0 Å². The molecule has 0 aliphatic carbocycles. The van der Waals surface area contributed by atoms with Gasteiger partial charge in [0.15, 0.2) is 0 Å². The van der Waals surface area contributed by atoms with Crippen LogP contribution in [0.25, 0.3) is 22.2 Å². The third-order valence-corrected chi connectivity index (χ3v) is 3.43. The van der Waals surface area contributed by atoms with E-state index >= 15 is 0 Å². The Hall–Kier alpha value is -2.44. The number of rotatable bonds is 4. The molecular formula is C15H17N5O. The molecule has 0 saturated heterocycles. The summed E-state index contributed by atoms with van der Waals surface area (Å²) in [5, 5.41) is 9.96. The van der Waals surface area contributed by atoms with Gasteiger partial charge in [-0.1, -0.05) is 30.3 Å². The van der Waals surface area contributed by atoms with Crippen molar-refractivity contribution in [2.75, 3.05) is 12.3 Å². The Labute approximate surface area is 122 Å². The quantitative estimate of drug-likeness (QED) is 0.663. The molecule has 1 unspecified atom stereocenters. The van der Waals surface area contributed by atoms with Crippen LogP contribution >= 0.6 is 0 Å². The van der Waals surface area contributed by atoms with Crippen LogP contribution in [0.4, 0.5) is 5.82 Å². The first kappa shape index (κ1) is 13.5. The first-order chi connectivity index (χ1) is 10.2. The number of benzene rings is 1. The van der Waals surface area contributed by atoms with Crippen molar-refractivity contribution in [3.05, 3.63) is 42.9 Å². The fraction of sp³-hybridized carbons (Fsp3) is 0.200. The molecule has 3 aromatic rings. The van der Waals surface area contributed by atoms with E-state index in [1.807, 2.05) is 41.1 Å².